The molecule has 0 atom stereocenters. The minimum Gasteiger partial charge on any atom is -0.340 e. The summed E-state index contributed by atoms with van der Waals surface area (Å²) in [6.45, 7) is 5.20. The van der Waals surface area contributed by atoms with Crippen LogP contribution in [0.5, 0.6) is 0 Å². The average Bonchev–Trinajstić information content (AvgIpc) is 3.22. The third-order valence-corrected chi connectivity index (χ3v) is 3.82. The Morgan fingerprint density at radius 1 is 1.35 bits per heavy atom. The lowest BCUT2D eigenvalue weighted by molar-refractivity contribution is -0.131. The fraction of sp³-hybridized carbons (Fsp3) is 0.588. The van der Waals surface area contributed by atoms with Crippen molar-refractivity contribution in [3.8, 4) is 0 Å². The first-order valence-electron chi connectivity index (χ1n) is 7.61. The van der Waals surface area contributed by atoms with Crippen molar-refractivity contribution >= 4 is 5.91 Å². The second kappa shape index (κ2) is 6.87. The lowest BCUT2D eigenvalue weighted by atomic mass is 10.1. The van der Waals surface area contributed by atoms with Gasteiger partial charge in [-0.15, -0.1) is 0 Å². The maximum atomic E-state index is 13.5. The average molecular weight is 277 g/mol. The quantitative estimate of drug-likeness (QED) is 0.742. The Balaban J connectivity index is 1.87. The van der Waals surface area contributed by atoms with Gasteiger partial charge >= 0.3 is 0 Å². The van der Waals surface area contributed by atoms with Crippen LogP contribution >= 0.6 is 0 Å². The molecule has 0 heterocycles. The number of amides is 1. The van der Waals surface area contributed by atoms with Gasteiger partial charge in [0.1, 0.15) is 5.82 Å². The predicted molar refractivity (Wildman–Crippen MR) is 78.9 cm³/mol. The molecule has 110 valence electrons. The first-order valence-corrected chi connectivity index (χ1v) is 7.61. The fourth-order valence-electron chi connectivity index (χ4n) is 2.38. The molecular weight excluding hydrogens is 253 g/mol. The van der Waals surface area contributed by atoms with Gasteiger partial charge in [-0.1, -0.05) is 32.0 Å². The van der Waals surface area contributed by atoms with Crippen molar-refractivity contribution in [3.63, 3.8) is 0 Å². The van der Waals surface area contributed by atoms with Gasteiger partial charge in [0.2, 0.25) is 5.91 Å². The molecule has 0 radical (unpaired) electrons. The summed E-state index contributed by atoms with van der Waals surface area (Å²) < 4.78 is 13.5. The van der Waals surface area contributed by atoms with E-state index in [-0.39, 0.29) is 11.7 Å². The summed E-state index contributed by atoms with van der Waals surface area (Å²) in [5.41, 5.74) is 0.639. The molecule has 1 fully saturated rings. The zero-order valence-electron chi connectivity index (χ0n) is 12.4. The molecule has 0 N–H and O–H groups in total. The van der Waals surface area contributed by atoms with Crippen LogP contribution in [-0.4, -0.2) is 23.4 Å². The zero-order valence-corrected chi connectivity index (χ0v) is 12.4. The van der Waals surface area contributed by atoms with Crippen LogP contribution in [0.4, 0.5) is 4.39 Å². The number of halogens is 1. The molecule has 1 aromatic carbocycles. The number of nitrogens with zero attached hydrogens (tertiary/aromatic N) is 1. The van der Waals surface area contributed by atoms with Gasteiger partial charge in [-0.25, -0.2) is 4.39 Å². The van der Waals surface area contributed by atoms with Crippen molar-refractivity contribution in [2.45, 2.75) is 52.0 Å². The highest BCUT2D eigenvalue weighted by Gasteiger charge is 2.31. The standard InChI is InChI=1S/C17H24FNO/c1-13(2)11-12-19(15-8-9-15)17(20)10-7-14-5-3-4-6-16(14)18/h3-6,13,15H,7-12H2,1-2H3. The Morgan fingerprint density at radius 2 is 2.05 bits per heavy atom. The van der Waals surface area contributed by atoms with Crippen LogP contribution in [0, 0.1) is 11.7 Å². The van der Waals surface area contributed by atoms with E-state index in [1.807, 2.05) is 11.0 Å². The Morgan fingerprint density at radius 3 is 2.65 bits per heavy atom. The SMILES string of the molecule is CC(C)CCN(C(=O)CCc1ccccc1F)C1CC1. The number of benzene rings is 1. The molecule has 20 heavy (non-hydrogen) atoms. The van der Waals surface area contributed by atoms with E-state index in [0.29, 0.717) is 30.4 Å². The third kappa shape index (κ3) is 4.32. The molecule has 1 aliphatic carbocycles. The van der Waals surface area contributed by atoms with Crippen molar-refractivity contribution in [2.24, 2.45) is 5.92 Å². The van der Waals surface area contributed by atoms with E-state index in [1.54, 1.807) is 12.1 Å². The highest BCUT2D eigenvalue weighted by molar-refractivity contribution is 5.77. The van der Waals surface area contributed by atoms with Crippen molar-refractivity contribution < 1.29 is 9.18 Å². The largest absolute Gasteiger partial charge is 0.340 e. The van der Waals surface area contributed by atoms with Gasteiger partial charge in [0.05, 0.1) is 0 Å². The Bertz CT molecular complexity index is 454. The first kappa shape index (κ1) is 15.0. The molecular formula is C17H24FNO. The lowest BCUT2D eigenvalue weighted by Crippen LogP contribution is -2.34. The van der Waals surface area contributed by atoms with E-state index in [2.05, 4.69) is 13.8 Å². The molecule has 1 saturated carbocycles. The maximum absolute atomic E-state index is 13.5. The highest BCUT2D eigenvalue weighted by atomic mass is 19.1. The number of aryl methyl sites for hydroxylation is 1. The summed E-state index contributed by atoms with van der Waals surface area (Å²) in [7, 11) is 0. The summed E-state index contributed by atoms with van der Waals surface area (Å²) in [6, 6.07) is 7.16. The smallest absolute Gasteiger partial charge is 0.223 e. The molecule has 0 aliphatic heterocycles. The van der Waals surface area contributed by atoms with Crippen LogP contribution in [-0.2, 0) is 11.2 Å². The van der Waals surface area contributed by atoms with Crippen LogP contribution in [0.1, 0.15) is 45.1 Å². The van der Waals surface area contributed by atoms with E-state index in [0.717, 1.165) is 25.8 Å². The second-order valence-corrected chi connectivity index (χ2v) is 6.09. The first-order chi connectivity index (χ1) is 9.58. The van der Waals surface area contributed by atoms with Gasteiger partial charge < -0.3 is 4.90 Å². The highest BCUT2D eigenvalue weighted by Crippen LogP contribution is 2.28. The van der Waals surface area contributed by atoms with Crippen molar-refractivity contribution in [1.82, 2.24) is 4.90 Å². The third-order valence-electron chi connectivity index (χ3n) is 3.82. The van der Waals surface area contributed by atoms with Gasteiger partial charge in [0.25, 0.3) is 0 Å². The van der Waals surface area contributed by atoms with Gasteiger partial charge in [-0.2, -0.15) is 0 Å². The Hall–Kier alpha value is -1.38. The van der Waals surface area contributed by atoms with Crippen LogP contribution in [0.3, 0.4) is 0 Å². The molecule has 0 saturated heterocycles. The molecule has 0 aromatic heterocycles. The summed E-state index contributed by atoms with van der Waals surface area (Å²) >= 11 is 0. The lowest BCUT2D eigenvalue weighted by Gasteiger charge is -2.23. The minimum atomic E-state index is -0.208. The van der Waals surface area contributed by atoms with E-state index in [9.17, 15) is 9.18 Å². The van der Waals surface area contributed by atoms with E-state index < -0.39 is 0 Å². The van der Waals surface area contributed by atoms with Crippen LogP contribution in [0.15, 0.2) is 24.3 Å². The minimum absolute atomic E-state index is 0.177. The summed E-state index contributed by atoms with van der Waals surface area (Å²) in [4.78, 5) is 14.3. The maximum Gasteiger partial charge on any atom is 0.223 e. The van der Waals surface area contributed by atoms with Crippen molar-refractivity contribution in [3.05, 3.63) is 35.6 Å². The topological polar surface area (TPSA) is 20.3 Å². The number of hydrogen-bond acceptors (Lipinski definition) is 1. The van der Waals surface area contributed by atoms with E-state index in [4.69, 9.17) is 0 Å². The molecule has 2 rings (SSSR count). The molecule has 1 aliphatic rings. The van der Waals surface area contributed by atoms with Gasteiger partial charge in [-0.05, 0) is 43.2 Å². The fourth-order valence-corrected chi connectivity index (χ4v) is 2.38. The van der Waals surface area contributed by atoms with Crippen molar-refractivity contribution in [2.75, 3.05) is 6.54 Å². The van der Waals surface area contributed by atoms with Crippen LogP contribution in [0.2, 0.25) is 0 Å². The number of carbonyl (C=O) groups excluding carboxylic acids is 1. The number of hydrogen-bond donors (Lipinski definition) is 0. The van der Waals surface area contributed by atoms with E-state index >= 15 is 0 Å². The Labute approximate surface area is 121 Å². The molecule has 1 amide bonds. The molecule has 0 unspecified atom stereocenters. The van der Waals surface area contributed by atoms with Crippen LogP contribution in [0.25, 0.3) is 0 Å². The van der Waals surface area contributed by atoms with Crippen LogP contribution < -0.4 is 0 Å². The second-order valence-electron chi connectivity index (χ2n) is 6.09. The van der Waals surface area contributed by atoms with Gasteiger partial charge in [-0.3, -0.25) is 4.79 Å². The normalized spacial score (nSPS) is 14.6. The molecule has 1 aromatic rings. The summed E-state index contributed by atoms with van der Waals surface area (Å²) in [5.74, 6) is 0.576. The molecule has 0 spiro atoms. The molecule has 2 nitrogen and oxygen atoms in total. The van der Waals surface area contributed by atoms with Gasteiger partial charge in [0, 0.05) is 19.0 Å². The number of carbonyl (C=O) groups is 1. The van der Waals surface area contributed by atoms with E-state index in [1.165, 1.54) is 6.07 Å². The predicted octanol–water partition coefficient (Wildman–Crippen LogP) is 3.80. The van der Waals surface area contributed by atoms with Crippen molar-refractivity contribution in [1.29, 1.82) is 0 Å². The zero-order chi connectivity index (χ0) is 14.5. The Kier molecular flexibility index (Phi) is 5.16. The monoisotopic (exact) mass is 277 g/mol. The van der Waals surface area contributed by atoms with Gasteiger partial charge in [0.15, 0.2) is 0 Å². The molecule has 3 heteroatoms. The molecule has 0 bridgehead atoms. The summed E-state index contributed by atoms with van der Waals surface area (Å²) in [5, 5.41) is 0. The summed E-state index contributed by atoms with van der Waals surface area (Å²) in [6.07, 6.45) is 4.21. The number of rotatable bonds is 7.